The maximum Gasteiger partial charge on any atom is 0.264 e. The second-order valence-electron chi connectivity index (χ2n) is 11.0. The molecule has 4 aromatic carbocycles. The summed E-state index contributed by atoms with van der Waals surface area (Å²) < 4.78 is 48.7. The highest BCUT2D eigenvalue weighted by Crippen LogP contribution is 2.28. The summed E-state index contributed by atoms with van der Waals surface area (Å²) in [5, 5.41) is 3.53. The molecule has 8 nitrogen and oxygen atoms in total. The van der Waals surface area contributed by atoms with Crippen LogP contribution < -0.4 is 14.4 Å². The fraction of sp³-hybridized carbons (Fsp3) is 0.278. The highest BCUT2D eigenvalue weighted by atomic mass is 35.5. The molecule has 4 rings (SSSR count). The maximum absolute atomic E-state index is 14.5. The van der Waals surface area contributed by atoms with Crippen molar-refractivity contribution in [1.82, 2.24) is 10.2 Å². The normalized spacial score (nSPS) is 11.9. The number of carbonyl (C=O) groups is 2. The summed E-state index contributed by atoms with van der Waals surface area (Å²) in [6.07, 6.45) is 1.75. The molecule has 0 aliphatic heterocycles. The molecule has 0 heterocycles. The summed E-state index contributed by atoms with van der Waals surface area (Å²) in [4.78, 5) is 29.6. The summed E-state index contributed by atoms with van der Waals surface area (Å²) >= 11 is 12.5. The third kappa shape index (κ3) is 9.71. The van der Waals surface area contributed by atoms with Gasteiger partial charge in [-0.15, -0.1) is 0 Å². The van der Waals surface area contributed by atoms with Gasteiger partial charge in [0.2, 0.25) is 11.8 Å². The minimum atomic E-state index is -4.37. The predicted octanol–water partition coefficient (Wildman–Crippen LogP) is 7.28. The molecule has 1 N–H and O–H groups in total. The second kappa shape index (κ2) is 17.3. The van der Waals surface area contributed by atoms with E-state index in [9.17, 15) is 22.4 Å². The van der Waals surface area contributed by atoms with Gasteiger partial charge in [0.05, 0.1) is 27.2 Å². The lowest BCUT2D eigenvalue weighted by atomic mass is 10.0. The highest BCUT2D eigenvalue weighted by Gasteiger charge is 2.34. The number of amides is 2. The van der Waals surface area contributed by atoms with Gasteiger partial charge in [-0.05, 0) is 85.1 Å². The molecule has 0 bridgehead atoms. The topological polar surface area (TPSA) is 96.0 Å². The Morgan fingerprint density at radius 3 is 2.19 bits per heavy atom. The van der Waals surface area contributed by atoms with Crippen LogP contribution in [0.25, 0.3) is 0 Å². The summed E-state index contributed by atoms with van der Waals surface area (Å²) in [5.74, 6) is -1.14. The van der Waals surface area contributed by atoms with Crippen LogP contribution in [-0.4, -0.2) is 50.9 Å². The molecule has 0 saturated carbocycles. The number of halogens is 3. The molecule has 0 aliphatic rings. The average molecular weight is 715 g/mol. The largest absolute Gasteiger partial charge is 0.494 e. The number of nitrogens with zero attached hydrogens (tertiary/aromatic N) is 2. The van der Waals surface area contributed by atoms with Crippen molar-refractivity contribution in [1.29, 1.82) is 0 Å². The fourth-order valence-corrected chi connectivity index (χ4v) is 6.77. The molecule has 0 radical (unpaired) electrons. The Labute approximate surface area is 291 Å². The van der Waals surface area contributed by atoms with Crippen LogP contribution in [-0.2, 0) is 32.6 Å². The molecule has 4 aromatic rings. The summed E-state index contributed by atoms with van der Waals surface area (Å²) in [7, 11) is -4.37. The lowest BCUT2D eigenvalue weighted by Gasteiger charge is -2.34. The molecule has 0 saturated heterocycles. The Kier molecular flexibility index (Phi) is 13.3. The molecular weight excluding hydrogens is 676 g/mol. The minimum Gasteiger partial charge on any atom is -0.494 e. The van der Waals surface area contributed by atoms with E-state index in [1.165, 1.54) is 41.3 Å². The van der Waals surface area contributed by atoms with E-state index < -0.39 is 34.3 Å². The molecule has 0 unspecified atom stereocenters. The molecular formula is C36H38Cl2FN3O5S. The number of sulfonamides is 1. The molecule has 12 heteroatoms. The Balaban J connectivity index is 1.79. The van der Waals surface area contributed by atoms with Crippen molar-refractivity contribution < 1.29 is 27.1 Å². The van der Waals surface area contributed by atoms with Crippen molar-refractivity contribution in [2.75, 3.05) is 24.0 Å². The average Bonchev–Trinajstić information content (AvgIpc) is 3.08. The van der Waals surface area contributed by atoms with Gasteiger partial charge in [0.1, 0.15) is 24.2 Å². The van der Waals surface area contributed by atoms with Crippen LogP contribution in [0, 0.1) is 5.82 Å². The zero-order valence-electron chi connectivity index (χ0n) is 26.7. The molecule has 0 spiro atoms. The second-order valence-corrected chi connectivity index (χ2v) is 13.7. The molecule has 0 fully saturated rings. The molecule has 48 heavy (non-hydrogen) atoms. The number of ether oxygens (including phenoxy) is 1. The Morgan fingerprint density at radius 2 is 1.56 bits per heavy atom. The summed E-state index contributed by atoms with van der Waals surface area (Å²) in [6.45, 7) is 3.86. The molecule has 0 aliphatic carbocycles. The quantitative estimate of drug-likeness (QED) is 0.123. The van der Waals surface area contributed by atoms with Gasteiger partial charge in [-0.3, -0.25) is 13.9 Å². The van der Waals surface area contributed by atoms with Gasteiger partial charge < -0.3 is 15.0 Å². The number of anilines is 1. The van der Waals surface area contributed by atoms with Crippen molar-refractivity contribution in [3.8, 4) is 5.75 Å². The number of carbonyl (C=O) groups excluding carboxylic acids is 2. The first kappa shape index (κ1) is 36.7. The van der Waals surface area contributed by atoms with Crippen molar-refractivity contribution in [3.05, 3.63) is 124 Å². The van der Waals surface area contributed by atoms with Crippen LogP contribution in [0.4, 0.5) is 10.1 Å². The SMILES string of the molecule is CCCCNC(=O)[C@H](Cc1ccccc1)N(Cc1ccc(Cl)c(Cl)c1)C(=O)CN(c1ccc(F)cc1)S(=O)(=O)c1ccc(OCC)cc1. The van der Waals surface area contributed by atoms with E-state index in [1.807, 2.05) is 44.2 Å². The van der Waals surface area contributed by atoms with Crippen molar-refractivity contribution in [3.63, 3.8) is 0 Å². The van der Waals surface area contributed by atoms with E-state index in [4.69, 9.17) is 27.9 Å². The van der Waals surface area contributed by atoms with Gasteiger partial charge in [-0.1, -0.05) is 72.9 Å². The summed E-state index contributed by atoms with van der Waals surface area (Å²) in [6, 6.07) is 23.7. The number of hydrogen-bond donors (Lipinski definition) is 1. The lowest BCUT2D eigenvalue weighted by Crippen LogP contribution is -2.53. The lowest BCUT2D eigenvalue weighted by molar-refractivity contribution is -0.140. The van der Waals surface area contributed by atoms with E-state index in [-0.39, 0.29) is 34.5 Å². The minimum absolute atomic E-state index is 0.0696. The number of nitrogens with one attached hydrogen (secondary N) is 1. The number of rotatable bonds is 16. The number of unbranched alkanes of at least 4 members (excludes halogenated alkanes) is 1. The molecule has 254 valence electrons. The number of benzene rings is 4. The van der Waals surface area contributed by atoms with Crippen molar-refractivity contribution >= 4 is 50.7 Å². The number of hydrogen-bond acceptors (Lipinski definition) is 5. The Morgan fingerprint density at radius 1 is 0.875 bits per heavy atom. The van der Waals surface area contributed by atoms with Crippen molar-refractivity contribution in [2.45, 2.75) is 50.6 Å². The van der Waals surface area contributed by atoms with Crippen LogP contribution in [0.1, 0.15) is 37.8 Å². The van der Waals surface area contributed by atoms with E-state index in [2.05, 4.69) is 5.32 Å². The monoisotopic (exact) mass is 713 g/mol. The van der Waals surface area contributed by atoms with E-state index in [0.717, 1.165) is 34.8 Å². The van der Waals surface area contributed by atoms with Gasteiger partial charge in [0.25, 0.3) is 10.0 Å². The molecule has 0 aromatic heterocycles. The van der Waals surface area contributed by atoms with Crippen LogP contribution in [0.15, 0.2) is 102 Å². The van der Waals surface area contributed by atoms with Crippen LogP contribution in [0.3, 0.4) is 0 Å². The first-order valence-electron chi connectivity index (χ1n) is 15.6. The fourth-order valence-electron chi connectivity index (χ4n) is 5.03. The zero-order chi connectivity index (χ0) is 34.7. The van der Waals surface area contributed by atoms with Gasteiger partial charge in [0.15, 0.2) is 0 Å². The van der Waals surface area contributed by atoms with E-state index in [1.54, 1.807) is 18.2 Å². The summed E-state index contributed by atoms with van der Waals surface area (Å²) in [5.41, 5.74) is 1.46. The first-order valence-corrected chi connectivity index (χ1v) is 17.8. The predicted molar refractivity (Wildman–Crippen MR) is 187 cm³/mol. The Bertz CT molecular complexity index is 1780. The van der Waals surface area contributed by atoms with Crippen molar-refractivity contribution in [2.24, 2.45) is 0 Å². The standard InChI is InChI=1S/C36H38Cl2FN3O5S/c1-3-5-21-40-36(44)34(23-26-9-7-6-8-10-26)41(24-27-11-20-32(37)33(38)22-27)35(43)25-42(29-14-12-28(39)13-15-29)48(45,46)31-18-16-30(17-19-31)47-4-2/h6-20,22,34H,3-5,21,23-25H2,1-2H3,(H,40,44)/t34-/m0/s1. The maximum atomic E-state index is 14.5. The highest BCUT2D eigenvalue weighted by molar-refractivity contribution is 7.92. The van der Waals surface area contributed by atoms with Gasteiger partial charge in [-0.2, -0.15) is 0 Å². The van der Waals surface area contributed by atoms with E-state index in [0.29, 0.717) is 29.5 Å². The third-order valence-electron chi connectivity index (χ3n) is 7.55. The van der Waals surface area contributed by atoms with E-state index >= 15 is 0 Å². The zero-order valence-corrected chi connectivity index (χ0v) is 29.1. The Hall–Kier alpha value is -4.12. The van der Waals surface area contributed by atoms with Crippen LogP contribution in [0.5, 0.6) is 5.75 Å². The van der Waals surface area contributed by atoms with Crippen LogP contribution in [0.2, 0.25) is 10.0 Å². The third-order valence-corrected chi connectivity index (χ3v) is 10.1. The smallest absolute Gasteiger partial charge is 0.264 e. The first-order chi connectivity index (χ1) is 23.0. The molecule has 2 amide bonds. The van der Waals surface area contributed by atoms with Gasteiger partial charge in [0, 0.05) is 19.5 Å². The molecule has 1 atom stereocenters. The van der Waals surface area contributed by atoms with Gasteiger partial charge >= 0.3 is 0 Å². The van der Waals surface area contributed by atoms with Gasteiger partial charge in [-0.25, -0.2) is 12.8 Å². The van der Waals surface area contributed by atoms with Crippen LogP contribution >= 0.6 is 23.2 Å².